The molecule has 0 atom stereocenters. The van der Waals surface area contributed by atoms with Gasteiger partial charge in [-0.2, -0.15) is 0 Å². The smallest absolute Gasteiger partial charge is 0.339 e. The number of carboxylic acids is 1. The maximum atomic E-state index is 11.7. The van der Waals surface area contributed by atoms with Gasteiger partial charge in [0.1, 0.15) is 17.1 Å². The minimum absolute atomic E-state index is 0.0191. The Balaban J connectivity index is 2.80. The highest BCUT2D eigenvalue weighted by atomic mass is 16.5. The van der Waals surface area contributed by atoms with Gasteiger partial charge in [-0.1, -0.05) is 0 Å². The molecule has 110 valence electrons. The molecule has 0 aliphatic heterocycles. The summed E-state index contributed by atoms with van der Waals surface area (Å²) >= 11 is 0. The lowest BCUT2D eigenvalue weighted by atomic mass is 10.1. The third kappa shape index (κ3) is 4.79. The van der Waals surface area contributed by atoms with Crippen molar-refractivity contribution in [2.24, 2.45) is 0 Å². The standard InChI is InChI=1S/C14H19NO5/c1-14(2,3)15-12(16)8-20-11-7-9(19-4)5-6-10(11)13(17)18/h5-7H,8H2,1-4H3,(H,15,16)(H,17,18). The van der Waals surface area contributed by atoms with Gasteiger partial charge in [0.15, 0.2) is 6.61 Å². The van der Waals surface area contributed by atoms with Crippen LogP contribution in [0.1, 0.15) is 31.1 Å². The van der Waals surface area contributed by atoms with E-state index in [1.54, 1.807) is 0 Å². The Hall–Kier alpha value is -2.24. The second-order valence-electron chi connectivity index (χ2n) is 5.25. The van der Waals surface area contributed by atoms with Crippen molar-refractivity contribution in [3.8, 4) is 11.5 Å². The summed E-state index contributed by atoms with van der Waals surface area (Å²) in [7, 11) is 1.46. The maximum Gasteiger partial charge on any atom is 0.339 e. The summed E-state index contributed by atoms with van der Waals surface area (Å²) in [4.78, 5) is 22.7. The Morgan fingerprint density at radius 3 is 2.45 bits per heavy atom. The van der Waals surface area contributed by atoms with E-state index in [9.17, 15) is 9.59 Å². The lowest BCUT2D eigenvalue weighted by Gasteiger charge is -2.20. The molecule has 0 radical (unpaired) electrons. The van der Waals surface area contributed by atoms with E-state index < -0.39 is 5.97 Å². The highest BCUT2D eigenvalue weighted by Gasteiger charge is 2.17. The van der Waals surface area contributed by atoms with Gasteiger partial charge in [-0.25, -0.2) is 4.79 Å². The van der Waals surface area contributed by atoms with Crippen molar-refractivity contribution in [1.82, 2.24) is 5.32 Å². The van der Waals surface area contributed by atoms with Gasteiger partial charge in [0.25, 0.3) is 5.91 Å². The average molecular weight is 281 g/mol. The summed E-state index contributed by atoms with van der Waals surface area (Å²) in [6.45, 7) is 5.28. The van der Waals surface area contributed by atoms with Crippen molar-refractivity contribution >= 4 is 11.9 Å². The number of aromatic carboxylic acids is 1. The largest absolute Gasteiger partial charge is 0.497 e. The second-order valence-corrected chi connectivity index (χ2v) is 5.25. The Bertz CT molecular complexity index is 505. The van der Waals surface area contributed by atoms with Crippen molar-refractivity contribution in [2.75, 3.05) is 13.7 Å². The summed E-state index contributed by atoms with van der Waals surface area (Å²) < 4.78 is 10.3. The van der Waals surface area contributed by atoms with Gasteiger partial charge >= 0.3 is 5.97 Å². The molecule has 6 nitrogen and oxygen atoms in total. The molecule has 1 aromatic carbocycles. The zero-order chi connectivity index (χ0) is 15.3. The molecule has 1 aromatic rings. The van der Waals surface area contributed by atoms with Gasteiger partial charge in [0.2, 0.25) is 0 Å². The van der Waals surface area contributed by atoms with Crippen molar-refractivity contribution in [1.29, 1.82) is 0 Å². The third-order valence-electron chi connectivity index (χ3n) is 2.29. The topological polar surface area (TPSA) is 84.9 Å². The Labute approximate surface area is 117 Å². The molecule has 1 amide bonds. The summed E-state index contributed by atoms with van der Waals surface area (Å²) in [5, 5.41) is 11.8. The predicted molar refractivity (Wildman–Crippen MR) is 73.3 cm³/mol. The normalized spacial score (nSPS) is 10.8. The molecule has 0 spiro atoms. The fraction of sp³-hybridized carbons (Fsp3) is 0.429. The van der Waals surface area contributed by atoms with Crippen molar-refractivity contribution < 1.29 is 24.2 Å². The Kier molecular flexibility index (Phi) is 4.96. The highest BCUT2D eigenvalue weighted by molar-refractivity contribution is 5.91. The number of benzene rings is 1. The number of rotatable bonds is 5. The molecular formula is C14H19NO5. The summed E-state index contributed by atoms with van der Waals surface area (Å²) in [6.07, 6.45) is 0. The predicted octanol–water partition coefficient (Wildman–Crippen LogP) is 1.69. The Morgan fingerprint density at radius 1 is 1.30 bits per heavy atom. The fourth-order valence-electron chi connectivity index (χ4n) is 1.52. The number of methoxy groups -OCH3 is 1. The molecule has 0 saturated carbocycles. The molecule has 0 fully saturated rings. The number of carbonyl (C=O) groups excluding carboxylic acids is 1. The van der Waals surface area contributed by atoms with Gasteiger partial charge in [-0.3, -0.25) is 4.79 Å². The first-order valence-corrected chi connectivity index (χ1v) is 6.08. The van der Waals surface area contributed by atoms with Crippen LogP contribution in [-0.4, -0.2) is 36.2 Å². The molecule has 0 saturated heterocycles. The van der Waals surface area contributed by atoms with Crippen molar-refractivity contribution in [2.45, 2.75) is 26.3 Å². The molecule has 0 unspecified atom stereocenters. The molecule has 6 heteroatoms. The number of amides is 1. The summed E-state index contributed by atoms with van der Waals surface area (Å²) in [5.41, 5.74) is -0.390. The van der Waals surface area contributed by atoms with E-state index in [1.165, 1.54) is 25.3 Å². The first kappa shape index (κ1) is 15.8. The van der Waals surface area contributed by atoms with Gasteiger partial charge in [-0.05, 0) is 32.9 Å². The van der Waals surface area contributed by atoms with Crippen LogP contribution in [0.2, 0.25) is 0 Å². The number of hydrogen-bond donors (Lipinski definition) is 2. The number of hydrogen-bond acceptors (Lipinski definition) is 4. The Morgan fingerprint density at radius 2 is 1.95 bits per heavy atom. The second kappa shape index (κ2) is 6.27. The summed E-state index contributed by atoms with van der Waals surface area (Å²) in [5.74, 6) is -0.891. The van der Waals surface area contributed by atoms with Crippen LogP contribution in [-0.2, 0) is 4.79 Å². The van der Waals surface area contributed by atoms with Crippen LogP contribution >= 0.6 is 0 Å². The molecule has 20 heavy (non-hydrogen) atoms. The molecule has 1 rings (SSSR count). The number of carboxylic acid groups (broad SMARTS) is 1. The van der Waals surface area contributed by atoms with Crippen molar-refractivity contribution in [3.05, 3.63) is 23.8 Å². The van der Waals surface area contributed by atoms with E-state index in [4.69, 9.17) is 14.6 Å². The summed E-state index contributed by atoms with van der Waals surface area (Å²) in [6, 6.07) is 4.33. The zero-order valence-electron chi connectivity index (χ0n) is 12.0. The van der Waals surface area contributed by atoms with Crippen LogP contribution in [0.5, 0.6) is 11.5 Å². The van der Waals surface area contributed by atoms with E-state index in [0.717, 1.165) is 0 Å². The number of nitrogens with one attached hydrogen (secondary N) is 1. The highest BCUT2D eigenvalue weighted by Crippen LogP contribution is 2.24. The molecular weight excluding hydrogens is 262 g/mol. The SMILES string of the molecule is COc1ccc(C(=O)O)c(OCC(=O)NC(C)(C)C)c1. The molecule has 0 aliphatic rings. The van der Waals surface area contributed by atoms with Gasteiger partial charge in [0, 0.05) is 11.6 Å². The number of carbonyl (C=O) groups is 2. The van der Waals surface area contributed by atoms with E-state index in [2.05, 4.69) is 5.32 Å². The van der Waals surface area contributed by atoms with Gasteiger partial charge in [0.05, 0.1) is 7.11 Å². The van der Waals surface area contributed by atoms with Crippen LogP contribution in [0.25, 0.3) is 0 Å². The van der Waals surface area contributed by atoms with E-state index >= 15 is 0 Å². The molecule has 0 aromatic heterocycles. The molecule has 0 bridgehead atoms. The van der Waals surface area contributed by atoms with Crippen LogP contribution in [0, 0.1) is 0 Å². The monoisotopic (exact) mass is 281 g/mol. The lowest BCUT2D eigenvalue weighted by molar-refractivity contribution is -0.124. The third-order valence-corrected chi connectivity index (χ3v) is 2.29. The van der Waals surface area contributed by atoms with Gasteiger partial charge in [-0.15, -0.1) is 0 Å². The molecule has 0 aliphatic carbocycles. The lowest BCUT2D eigenvalue weighted by Crippen LogP contribution is -2.43. The van der Waals surface area contributed by atoms with Gasteiger partial charge < -0.3 is 19.9 Å². The first-order valence-electron chi connectivity index (χ1n) is 6.08. The maximum absolute atomic E-state index is 11.7. The quantitative estimate of drug-likeness (QED) is 0.858. The number of ether oxygens (including phenoxy) is 2. The first-order chi connectivity index (χ1) is 9.23. The van der Waals surface area contributed by atoms with E-state index in [1.807, 2.05) is 20.8 Å². The molecule has 0 heterocycles. The molecule has 2 N–H and O–H groups in total. The van der Waals surface area contributed by atoms with Crippen molar-refractivity contribution in [3.63, 3.8) is 0 Å². The van der Waals surface area contributed by atoms with Crippen LogP contribution in [0.4, 0.5) is 0 Å². The zero-order valence-corrected chi connectivity index (χ0v) is 12.0. The van der Waals surface area contributed by atoms with Crippen LogP contribution in [0.15, 0.2) is 18.2 Å². The average Bonchev–Trinajstić information content (AvgIpc) is 2.33. The van der Waals surface area contributed by atoms with E-state index in [0.29, 0.717) is 5.75 Å². The van der Waals surface area contributed by atoms with Crippen LogP contribution < -0.4 is 14.8 Å². The minimum atomic E-state index is -1.13. The minimum Gasteiger partial charge on any atom is -0.497 e. The van der Waals surface area contributed by atoms with Crippen LogP contribution in [0.3, 0.4) is 0 Å². The fourth-order valence-corrected chi connectivity index (χ4v) is 1.52. The van der Waals surface area contributed by atoms with E-state index in [-0.39, 0.29) is 29.4 Å².